The van der Waals surface area contributed by atoms with E-state index >= 15 is 0 Å². The highest BCUT2D eigenvalue weighted by molar-refractivity contribution is 6.37. The molecule has 1 aliphatic rings. The van der Waals surface area contributed by atoms with Gasteiger partial charge in [0.2, 0.25) is 0 Å². The van der Waals surface area contributed by atoms with Crippen LogP contribution in [0, 0.1) is 0 Å². The highest BCUT2D eigenvalue weighted by Crippen LogP contribution is 2.22. The van der Waals surface area contributed by atoms with Gasteiger partial charge < -0.3 is 15.0 Å². The summed E-state index contributed by atoms with van der Waals surface area (Å²) in [6.45, 7) is 2.29. The van der Waals surface area contributed by atoms with E-state index in [1.54, 1.807) is 41.3 Å². The lowest BCUT2D eigenvalue weighted by Crippen LogP contribution is -2.40. The molecule has 0 atom stereocenters. The fourth-order valence-electron chi connectivity index (χ4n) is 2.52. The summed E-state index contributed by atoms with van der Waals surface area (Å²) in [5, 5.41) is 3.50. The van der Waals surface area contributed by atoms with Crippen LogP contribution >= 0.6 is 23.2 Å². The zero-order chi connectivity index (χ0) is 17.8. The van der Waals surface area contributed by atoms with Gasteiger partial charge in [0.25, 0.3) is 11.8 Å². The monoisotopic (exact) mass is 378 g/mol. The predicted octanol–water partition coefficient (Wildman–Crippen LogP) is 3.72. The summed E-state index contributed by atoms with van der Waals surface area (Å²) in [5.41, 5.74) is 1.48. The van der Waals surface area contributed by atoms with Crippen molar-refractivity contribution in [3.63, 3.8) is 0 Å². The van der Waals surface area contributed by atoms with Gasteiger partial charge in [0.1, 0.15) is 0 Å². The van der Waals surface area contributed by atoms with Crippen LogP contribution in [0.25, 0.3) is 0 Å². The van der Waals surface area contributed by atoms with E-state index in [9.17, 15) is 9.59 Å². The number of anilines is 1. The maximum absolute atomic E-state index is 12.4. The zero-order valence-electron chi connectivity index (χ0n) is 13.3. The van der Waals surface area contributed by atoms with Gasteiger partial charge >= 0.3 is 0 Å². The molecule has 1 N–H and O–H groups in total. The summed E-state index contributed by atoms with van der Waals surface area (Å²) in [5.74, 6) is -0.379. The lowest BCUT2D eigenvalue weighted by molar-refractivity contribution is 0.0303. The SMILES string of the molecule is O=C(Nc1ccc(C(=O)N2CCOCC2)cc1)c1ccc(Cl)cc1Cl. The van der Waals surface area contributed by atoms with Crippen molar-refractivity contribution in [2.24, 2.45) is 0 Å². The number of nitrogens with zero attached hydrogens (tertiary/aromatic N) is 1. The fourth-order valence-corrected chi connectivity index (χ4v) is 3.01. The Hall–Kier alpha value is -2.08. The van der Waals surface area contributed by atoms with Crippen molar-refractivity contribution in [1.82, 2.24) is 4.90 Å². The quantitative estimate of drug-likeness (QED) is 0.885. The molecule has 1 fully saturated rings. The molecular weight excluding hydrogens is 363 g/mol. The molecule has 3 rings (SSSR count). The Kier molecular flexibility index (Phi) is 5.58. The Morgan fingerprint density at radius 1 is 1.00 bits per heavy atom. The van der Waals surface area contributed by atoms with E-state index in [0.717, 1.165) is 0 Å². The van der Waals surface area contributed by atoms with E-state index < -0.39 is 0 Å². The molecular formula is C18H16Cl2N2O3. The molecule has 2 aromatic rings. The maximum Gasteiger partial charge on any atom is 0.257 e. The van der Waals surface area contributed by atoms with Crippen LogP contribution in [0.5, 0.6) is 0 Å². The second kappa shape index (κ2) is 7.87. The molecule has 0 radical (unpaired) electrons. The minimum Gasteiger partial charge on any atom is -0.378 e. The molecule has 1 aliphatic heterocycles. The van der Waals surface area contributed by atoms with Gasteiger partial charge in [0, 0.05) is 29.4 Å². The molecule has 0 bridgehead atoms. The van der Waals surface area contributed by atoms with Crippen LogP contribution in [0.3, 0.4) is 0 Å². The smallest absolute Gasteiger partial charge is 0.257 e. The summed E-state index contributed by atoms with van der Waals surface area (Å²) in [4.78, 5) is 26.4. The second-order valence-corrected chi connectivity index (χ2v) is 6.40. The van der Waals surface area contributed by atoms with Crippen LogP contribution in [-0.4, -0.2) is 43.0 Å². The molecule has 0 unspecified atom stereocenters. The van der Waals surface area contributed by atoms with Crippen LogP contribution in [0.1, 0.15) is 20.7 Å². The largest absolute Gasteiger partial charge is 0.378 e. The molecule has 2 aromatic carbocycles. The van der Waals surface area contributed by atoms with E-state index in [0.29, 0.717) is 48.1 Å². The van der Waals surface area contributed by atoms with E-state index in [2.05, 4.69) is 5.32 Å². The maximum atomic E-state index is 12.4. The van der Waals surface area contributed by atoms with Crippen molar-refractivity contribution < 1.29 is 14.3 Å². The summed E-state index contributed by atoms with van der Waals surface area (Å²) < 4.78 is 5.25. The van der Waals surface area contributed by atoms with Crippen LogP contribution < -0.4 is 5.32 Å². The molecule has 130 valence electrons. The average Bonchev–Trinajstić information content (AvgIpc) is 2.62. The average molecular weight is 379 g/mol. The van der Waals surface area contributed by atoms with Crippen molar-refractivity contribution in [3.8, 4) is 0 Å². The molecule has 0 saturated carbocycles. The summed E-state index contributed by atoms with van der Waals surface area (Å²) in [6.07, 6.45) is 0. The normalized spacial score (nSPS) is 14.2. The number of morpholine rings is 1. The lowest BCUT2D eigenvalue weighted by Gasteiger charge is -2.26. The standard InChI is InChI=1S/C18H16Cl2N2O3/c19-13-3-6-15(16(20)11-13)17(23)21-14-4-1-12(2-5-14)18(24)22-7-9-25-10-8-22/h1-6,11H,7-10H2,(H,21,23). The minimum atomic E-state index is -0.339. The van der Waals surface area contributed by atoms with Crippen LogP contribution in [0.4, 0.5) is 5.69 Å². The van der Waals surface area contributed by atoms with Gasteiger partial charge in [-0.1, -0.05) is 23.2 Å². The number of carbonyl (C=O) groups excluding carboxylic acids is 2. The van der Waals surface area contributed by atoms with E-state index in [1.807, 2.05) is 0 Å². The number of carbonyl (C=O) groups is 2. The minimum absolute atomic E-state index is 0.0399. The van der Waals surface area contributed by atoms with Gasteiger partial charge in [-0.25, -0.2) is 0 Å². The van der Waals surface area contributed by atoms with Gasteiger partial charge in [0.15, 0.2) is 0 Å². The van der Waals surface area contributed by atoms with Crippen LogP contribution in [-0.2, 0) is 4.74 Å². The molecule has 0 spiro atoms. The number of nitrogens with one attached hydrogen (secondary N) is 1. The molecule has 1 heterocycles. The number of amides is 2. The van der Waals surface area contributed by atoms with Gasteiger partial charge in [-0.3, -0.25) is 9.59 Å². The first kappa shape index (κ1) is 17.7. The highest BCUT2D eigenvalue weighted by atomic mass is 35.5. The summed E-state index contributed by atoms with van der Waals surface area (Å²) in [6, 6.07) is 11.4. The Bertz CT molecular complexity index is 787. The first-order valence-corrected chi connectivity index (χ1v) is 8.53. The van der Waals surface area contributed by atoms with E-state index in [-0.39, 0.29) is 16.8 Å². The van der Waals surface area contributed by atoms with E-state index in [4.69, 9.17) is 27.9 Å². The number of halogens is 2. The van der Waals surface area contributed by atoms with Gasteiger partial charge in [-0.05, 0) is 42.5 Å². The van der Waals surface area contributed by atoms with Crippen molar-refractivity contribution in [2.75, 3.05) is 31.6 Å². The number of hydrogen-bond acceptors (Lipinski definition) is 3. The van der Waals surface area contributed by atoms with Crippen molar-refractivity contribution in [1.29, 1.82) is 0 Å². The van der Waals surface area contributed by atoms with Crippen molar-refractivity contribution in [2.45, 2.75) is 0 Å². The molecule has 7 heteroatoms. The first-order chi connectivity index (χ1) is 12.0. The number of ether oxygens (including phenoxy) is 1. The van der Waals surface area contributed by atoms with Crippen LogP contribution in [0.15, 0.2) is 42.5 Å². The zero-order valence-corrected chi connectivity index (χ0v) is 14.8. The van der Waals surface area contributed by atoms with Gasteiger partial charge in [-0.15, -0.1) is 0 Å². The Morgan fingerprint density at radius 2 is 1.68 bits per heavy atom. The Morgan fingerprint density at radius 3 is 2.32 bits per heavy atom. The topological polar surface area (TPSA) is 58.6 Å². The third-order valence-electron chi connectivity index (χ3n) is 3.86. The third-order valence-corrected chi connectivity index (χ3v) is 4.41. The first-order valence-electron chi connectivity index (χ1n) is 7.78. The molecule has 2 amide bonds. The third kappa shape index (κ3) is 4.31. The van der Waals surface area contributed by atoms with Crippen molar-refractivity contribution >= 4 is 40.7 Å². The molecule has 1 saturated heterocycles. The number of benzene rings is 2. The summed E-state index contributed by atoms with van der Waals surface area (Å²) >= 11 is 11.9. The van der Waals surface area contributed by atoms with Gasteiger partial charge in [-0.2, -0.15) is 0 Å². The summed E-state index contributed by atoms with van der Waals surface area (Å²) in [7, 11) is 0. The van der Waals surface area contributed by atoms with E-state index in [1.165, 1.54) is 6.07 Å². The molecule has 0 aromatic heterocycles. The Labute approximate surface area is 155 Å². The predicted molar refractivity (Wildman–Crippen MR) is 97.6 cm³/mol. The van der Waals surface area contributed by atoms with Crippen LogP contribution in [0.2, 0.25) is 10.0 Å². The highest BCUT2D eigenvalue weighted by Gasteiger charge is 2.18. The second-order valence-electron chi connectivity index (χ2n) is 5.56. The van der Waals surface area contributed by atoms with Gasteiger partial charge in [0.05, 0.1) is 23.8 Å². The molecule has 0 aliphatic carbocycles. The Balaban J connectivity index is 1.67. The fraction of sp³-hybridized carbons (Fsp3) is 0.222. The molecule has 25 heavy (non-hydrogen) atoms. The lowest BCUT2D eigenvalue weighted by atomic mass is 10.1. The number of rotatable bonds is 3. The molecule has 5 nitrogen and oxygen atoms in total. The number of hydrogen-bond donors (Lipinski definition) is 1. The van der Waals surface area contributed by atoms with Crippen molar-refractivity contribution in [3.05, 3.63) is 63.6 Å².